The van der Waals surface area contributed by atoms with Gasteiger partial charge < -0.3 is 5.11 Å². The number of carboxylic acid groups (broad SMARTS) is 1. The number of carbonyl (C=O) groups is 1. The molecule has 2 rings (SSSR count). The van der Waals surface area contributed by atoms with E-state index in [1.807, 2.05) is 6.07 Å². The summed E-state index contributed by atoms with van der Waals surface area (Å²) in [6, 6.07) is 5.34. The monoisotopic (exact) mass is 220 g/mol. The summed E-state index contributed by atoms with van der Waals surface area (Å²) in [7, 11) is 0. The van der Waals surface area contributed by atoms with E-state index < -0.39 is 11.5 Å². The summed E-state index contributed by atoms with van der Waals surface area (Å²) in [4.78, 5) is 15.5. The molecule has 0 saturated heterocycles. The lowest BCUT2D eigenvalue weighted by molar-refractivity contribution is -0.144. The Morgan fingerprint density at radius 2 is 2.38 bits per heavy atom. The summed E-state index contributed by atoms with van der Waals surface area (Å²) >= 11 is 0. The average Bonchev–Trinajstić information content (AvgIpc) is 3.10. The maximum atomic E-state index is 11.4. The topological polar surface area (TPSA) is 62.2 Å². The standard InChI is InChI=1S/C12H16N2O2/c1-12(11(15)16,14-8-9-5-6-9)10-4-2-3-7-13-10/h2-4,7,9,14H,5-6,8H2,1H3,(H,15,16). The predicted octanol–water partition coefficient (Wildman–Crippen LogP) is 1.38. The van der Waals surface area contributed by atoms with Crippen molar-refractivity contribution in [3.63, 3.8) is 0 Å². The highest BCUT2D eigenvalue weighted by atomic mass is 16.4. The Bertz CT molecular complexity index is 376. The first-order valence-corrected chi connectivity index (χ1v) is 5.53. The Labute approximate surface area is 94.7 Å². The second kappa shape index (κ2) is 4.22. The first-order valence-electron chi connectivity index (χ1n) is 5.53. The molecule has 0 amide bonds. The van der Waals surface area contributed by atoms with Crippen molar-refractivity contribution in [1.82, 2.24) is 10.3 Å². The molecule has 4 heteroatoms. The van der Waals surface area contributed by atoms with Gasteiger partial charge in [-0.2, -0.15) is 0 Å². The average molecular weight is 220 g/mol. The quantitative estimate of drug-likeness (QED) is 0.787. The lowest BCUT2D eigenvalue weighted by Gasteiger charge is -2.25. The SMILES string of the molecule is CC(NCC1CC1)(C(=O)O)c1ccccn1. The Morgan fingerprint density at radius 3 is 2.88 bits per heavy atom. The van der Waals surface area contributed by atoms with Crippen LogP contribution in [0.4, 0.5) is 0 Å². The third-order valence-corrected chi connectivity index (χ3v) is 3.05. The first kappa shape index (κ1) is 11.1. The van der Waals surface area contributed by atoms with E-state index in [2.05, 4.69) is 10.3 Å². The van der Waals surface area contributed by atoms with E-state index >= 15 is 0 Å². The van der Waals surface area contributed by atoms with Crippen molar-refractivity contribution in [2.75, 3.05) is 6.54 Å². The zero-order valence-corrected chi connectivity index (χ0v) is 9.31. The second-order valence-corrected chi connectivity index (χ2v) is 4.47. The van der Waals surface area contributed by atoms with Crippen LogP contribution in [0.1, 0.15) is 25.5 Å². The zero-order valence-electron chi connectivity index (χ0n) is 9.31. The summed E-state index contributed by atoms with van der Waals surface area (Å²) in [6.45, 7) is 2.42. The molecule has 0 radical (unpaired) electrons. The van der Waals surface area contributed by atoms with Gasteiger partial charge in [-0.25, -0.2) is 4.79 Å². The van der Waals surface area contributed by atoms with Gasteiger partial charge in [-0.15, -0.1) is 0 Å². The third-order valence-electron chi connectivity index (χ3n) is 3.05. The van der Waals surface area contributed by atoms with Gasteiger partial charge in [-0.05, 0) is 44.4 Å². The molecule has 1 unspecified atom stereocenters. The van der Waals surface area contributed by atoms with E-state index in [4.69, 9.17) is 0 Å². The van der Waals surface area contributed by atoms with Crippen LogP contribution in [0, 0.1) is 5.92 Å². The number of hydrogen-bond donors (Lipinski definition) is 2. The Kier molecular flexibility index (Phi) is 2.92. The molecule has 1 aromatic heterocycles. The predicted molar refractivity (Wildman–Crippen MR) is 60.0 cm³/mol. The third kappa shape index (κ3) is 2.22. The highest BCUT2D eigenvalue weighted by Crippen LogP contribution is 2.29. The van der Waals surface area contributed by atoms with E-state index in [1.165, 1.54) is 12.8 Å². The van der Waals surface area contributed by atoms with Crippen LogP contribution in [0.3, 0.4) is 0 Å². The van der Waals surface area contributed by atoms with Crippen LogP contribution >= 0.6 is 0 Å². The van der Waals surface area contributed by atoms with Crippen LogP contribution in [0.5, 0.6) is 0 Å². The van der Waals surface area contributed by atoms with Crippen LogP contribution in [0.2, 0.25) is 0 Å². The number of nitrogens with one attached hydrogen (secondary N) is 1. The van der Waals surface area contributed by atoms with Crippen molar-refractivity contribution < 1.29 is 9.90 Å². The van der Waals surface area contributed by atoms with E-state index in [0.717, 1.165) is 6.54 Å². The van der Waals surface area contributed by atoms with Gasteiger partial charge in [-0.3, -0.25) is 10.3 Å². The van der Waals surface area contributed by atoms with E-state index in [0.29, 0.717) is 11.6 Å². The summed E-state index contributed by atoms with van der Waals surface area (Å²) in [5.74, 6) is -0.241. The van der Waals surface area contributed by atoms with Crippen LogP contribution in [-0.4, -0.2) is 22.6 Å². The number of aromatic nitrogens is 1. The highest BCUT2D eigenvalue weighted by molar-refractivity contribution is 5.79. The van der Waals surface area contributed by atoms with Crippen LogP contribution < -0.4 is 5.32 Å². The van der Waals surface area contributed by atoms with Crippen molar-refractivity contribution in [2.45, 2.75) is 25.3 Å². The molecule has 0 aliphatic heterocycles. The zero-order chi connectivity index (χ0) is 11.6. The minimum atomic E-state index is -1.08. The highest BCUT2D eigenvalue weighted by Gasteiger charge is 2.37. The minimum Gasteiger partial charge on any atom is -0.480 e. The molecule has 86 valence electrons. The normalized spacial score (nSPS) is 19.1. The number of rotatable bonds is 5. The van der Waals surface area contributed by atoms with Crippen molar-refractivity contribution in [1.29, 1.82) is 0 Å². The summed E-state index contributed by atoms with van der Waals surface area (Å²) < 4.78 is 0. The molecule has 1 heterocycles. The Morgan fingerprint density at radius 1 is 1.62 bits per heavy atom. The molecule has 2 N–H and O–H groups in total. The molecule has 1 fully saturated rings. The fourth-order valence-electron chi connectivity index (χ4n) is 1.60. The molecule has 1 aliphatic carbocycles. The Balaban J connectivity index is 2.16. The fraction of sp³-hybridized carbons (Fsp3) is 0.500. The van der Waals surface area contributed by atoms with Gasteiger partial charge in [0.15, 0.2) is 5.54 Å². The number of pyridine rings is 1. The van der Waals surface area contributed by atoms with E-state index in [-0.39, 0.29) is 0 Å². The smallest absolute Gasteiger partial charge is 0.329 e. The number of aliphatic carboxylic acids is 1. The molecule has 0 aromatic carbocycles. The van der Waals surface area contributed by atoms with Gasteiger partial charge >= 0.3 is 5.97 Å². The van der Waals surface area contributed by atoms with Gasteiger partial charge in [0.25, 0.3) is 0 Å². The van der Waals surface area contributed by atoms with Gasteiger partial charge in [0.05, 0.1) is 5.69 Å². The minimum absolute atomic E-state index is 0.558. The molecule has 0 spiro atoms. The molecule has 1 aliphatic rings. The van der Waals surface area contributed by atoms with Crippen molar-refractivity contribution in [3.8, 4) is 0 Å². The lowest BCUT2D eigenvalue weighted by atomic mass is 9.97. The van der Waals surface area contributed by atoms with Gasteiger partial charge in [0, 0.05) is 6.20 Å². The number of hydrogen-bond acceptors (Lipinski definition) is 3. The summed E-state index contributed by atoms with van der Waals surface area (Å²) in [5, 5.41) is 12.4. The van der Waals surface area contributed by atoms with Gasteiger partial charge in [0.2, 0.25) is 0 Å². The molecule has 1 saturated carbocycles. The molecule has 1 atom stereocenters. The molecule has 0 bridgehead atoms. The van der Waals surface area contributed by atoms with Crippen molar-refractivity contribution in [2.24, 2.45) is 5.92 Å². The van der Waals surface area contributed by atoms with Crippen LogP contribution in [0.15, 0.2) is 24.4 Å². The maximum Gasteiger partial charge on any atom is 0.329 e. The molecule has 4 nitrogen and oxygen atoms in total. The van der Waals surface area contributed by atoms with Gasteiger partial charge in [-0.1, -0.05) is 6.07 Å². The summed E-state index contributed by atoms with van der Waals surface area (Å²) in [6.07, 6.45) is 4.02. The van der Waals surface area contributed by atoms with Crippen molar-refractivity contribution >= 4 is 5.97 Å². The summed E-state index contributed by atoms with van der Waals surface area (Å²) in [5.41, 5.74) is -0.521. The maximum absolute atomic E-state index is 11.4. The molecule has 1 aromatic rings. The van der Waals surface area contributed by atoms with E-state index in [1.54, 1.807) is 25.3 Å². The number of nitrogens with zero attached hydrogens (tertiary/aromatic N) is 1. The molecular weight excluding hydrogens is 204 g/mol. The second-order valence-electron chi connectivity index (χ2n) is 4.47. The number of carboxylic acids is 1. The van der Waals surface area contributed by atoms with Crippen LogP contribution in [0.25, 0.3) is 0 Å². The van der Waals surface area contributed by atoms with Gasteiger partial charge in [0.1, 0.15) is 0 Å². The lowest BCUT2D eigenvalue weighted by Crippen LogP contribution is -2.48. The fourth-order valence-corrected chi connectivity index (χ4v) is 1.60. The largest absolute Gasteiger partial charge is 0.480 e. The van der Waals surface area contributed by atoms with Crippen molar-refractivity contribution in [3.05, 3.63) is 30.1 Å². The molecular formula is C12H16N2O2. The molecule has 16 heavy (non-hydrogen) atoms. The van der Waals surface area contributed by atoms with Crippen LogP contribution in [-0.2, 0) is 10.3 Å². The first-order chi connectivity index (χ1) is 7.63. The van der Waals surface area contributed by atoms with E-state index in [9.17, 15) is 9.90 Å². The Hall–Kier alpha value is -1.42.